The highest BCUT2D eigenvalue weighted by molar-refractivity contribution is 4.94. The Labute approximate surface area is 110 Å². The van der Waals surface area contributed by atoms with E-state index < -0.39 is 0 Å². The van der Waals surface area contributed by atoms with Crippen LogP contribution in [0.15, 0.2) is 0 Å². The molecule has 1 saturated carbocycles. The fourth-order valence-corrected chi connectivity index (χ4v) is 4.02. The number of fused-ring (bicyclic) bond motifs is 1. The molecule has 2 saturated heterocycles. The Balaban J connectivity index is 1.52. The van der Waals surface area contributed by atoms with Crippen molar-refractivity contribution in [3.63, 3.8) is 0 Å². The minimum Gasteiger partial charge on any atom is -0.374 e. The Hall–Kier alpha value is -0.160. The Kier molecular flexibility index (Phi) is 3.89. The summed E-state index contributed by atoms with van der Waals surface area (Å²) in [6.07, 6.45) is 4.36. The first-order valence-corrected chi connectivity index (χ1v) is 7.50. The second kappa shape index (κ2) is 5.45. The second-order valence-corrected chi connectivity index (χ2v) is 6.49. The summed E-state index contributed by atoms with van der Waals surface area (Å²) in [5, 5.41) is 0. The SMILES string of the molecule is CN1CCOC(CN2CC3CCCC(N)C3C2)C1. The van der Waals surface area contributed by atoms with Gasteiger partial charge in [0.05, 0.1) is 12.7 Å². The molecule has 0 bridgehead atoms. The third-order valence-corrected chi connectivity index (χ3v) is 5.03. The Morgan fingerprint density at radius 1 is 1.22 bits per heavy atom. The summed E-state index contributed by atoms with van der Waals surface area (Å²) in [4.78, 5) is 4.98. The Morgan fingerprint density at radius 2 is 2.11 bits per heavy atom. The van der Waals surface area contributed by atoms with Crippen molar-refractivity contribution in [2.45, 2.75) is 31.4 Å². The van der Waals surface area contributed by atoms with Crippen LogP contribution in [0.3, 0.4) is 0 Å². The van der Waals surface area contributed by atoms with Crippen molar-refractivity contribution in [2.24, 2.45) is 17.6 Å². The maximum Gasteiger partial charge on any atom is 0.0829 e. The topological polar surface area (TPSA) is 41.7 Å². The standard InChI is InChI=1S/C14H27N3O/c1-16-5-6-18-12(8-16)9-17-7-11-3-2-4-14(15)13(11)10-17/h11-14H,2-10,15H2,1H3. The lowest BCUT2D eigenvalue weighted by Gasteiger charge is -2.32. The molecule has 18 heavy (non-hydrogen) atoms. The molecule has 2 N–H and O–H groups in total. The number of hydrogen-bond acceptors (Lipinski definition) is 4. The van der Waals surface area contributed by atoms with Crippen LogP contribution in [0.4, 0.5) is 0 Å². The lowest BCUT2D eigenvalue weighted by molar-refractivity contribution is -0.0334. The van der Waals surface area contributed by atoms with Crippen molar-refractivity contribution in [3.8, 4) is 0 Å². The van der Waals surface area contributed by atoms with Crippen molar-refractivity contribution in [1.82, 2.24) is 9.80 Å². The van der Waals surface area contributed by atoms with E-state index >= 15 is 0 Å². The zero-order valence-electron chi connectivity index (χ0n) is 11.6. The van der Waals surface area contributed by atoms with Gasteiger partial charge in [0, 0.05) is 38.8 Å². The molecule has 3 rings (SSSR count). The van der Waals surface area contributed by atoms with Crippen LogP contribution in [0.25, 0.3) is 0 Å². The predicted octanol–water partition coefficient (Wildman–Crippen LogP) is 0.376. The molecule has 0 spiro atoms. The van der Waals surface area contributed by atoms with Gasteiger partial charge in [-0.25, -0.2) is 0 Å². The summed E-state index contributed by atoms with van der Waals surface area (Å²) < 4.78 is 5.88. The molecule has 3 aliphatic rings. The zero-order chi connectivity index (χ0) is 12.5. The number of nitrogens with zero attached hydrogens (tertiary/aromatic N) is 2. The number of nitrogens with two attached hydrogens (primary N) is 1. The molecule has 4 unspecified atom stereocenters. The summed E-state index contributed by atoms with van der Waals surface area (Å²) in [7, 11) is 2.19. The van der Waals surface area contributed by atoms with Gasteiger partial charge in [0.25, 0.3) is 0 Å². The third kappa shape index (κ3) is 2.72. The normalized spacial score (nSPS) is 43.0. The van der Waals surface area contributed by atoms with Gasteiger partial charge in [0.15, 0.2) is 0 Å². The van der Waals surface area contributed by atoms with Crippen LogP contribution >= 0.6 is 0 Å². The predicted molar refractivity (Wildman–Crippen MR) is 72.5 cm³/mol. The highest BCUT2D eigenvalue weighted by Crippen LogP contribution is 2.35. The molecule has 2 aliphatic heterocycles. The monoisotopic (exact) mass is 253 g/mol. The summed E-state index contributed by atoms with van der Waals surface area (Å²) in [5.74, 6) is 1.61. The minimum atomic E-state index is 0.403. The van der Waals surface area contributed by atoms with Crippen molar-refractivity contribution in [1.29, 1.82) is 0 Å². The average Bonchev–Trinajstić information content (AvgIpc) is 2.73. The molecule has 0 radical (unpaired) electrons. The third-order valence-electron chi connectivity index (χ3n) is 5.03. The summed E-state index contributed by atoms with van der Waals surface area (Å²) in [5.41, 5.74) is 6.27. The number of ether oxygens (including phenoxy) is 1. The average molecular weight is 253 g/mol. The molecule has 0 aromatic heterocycles. The first kappa shape index (κ1) is 12.9. The van der Waals surface area contributed by atoms with Gasteiger partial charge < -0.3 is 20.3 Å². The minimum absolute atomic E-state index is 0.403. The van der Waals surface area contributed by atoms with Gasteiger partial charge in [-0.15, -0.1) is 0 Å². The van der Waals surface area contributed by atoms with E-state index in [9.17, 15) is 0 Å². The first-order chi connectivity index (χ1) is 8.72. The zero-order valence-corrected chi connectivity index (χ0v) is 11.6. The molecular formula is C14H27N3O. The molecule has 4 heteroatoms. The van der Waals surface area contributed by atoms with Crippen molar-refractivity contribution in [2.75, 3.05) is 46.4 Å². The molecule has 4 atom stereocenters. The molecule has 3 fully saturated rings. The molecule has 0 aromatic rings. The van der Waals surface area contributed by atoms with Gasteiger partial charge in [-0.3, -0.25) is 0 Å². The lowest BCUT2D eigenvalue weighted by atomic mass is 9.78. The largest absolute Gasteiger partial charge is 0.374 e. The van der Waals surface area contributed by atoms with E-state index in [1.165, 1.54) is 32.4 Å². The quantitative estimate of drug-likeness (QED) is 0.772. The van der Waals surface area contributed by atoms with Crippen LogP contribution in [0.2, 0.25) is 0 Å². The van der Waals surface area contributed by atoms with Gasteiger partial charge in [-0.05, 0) is 31.7 Å². The number of hydrogen-bond donors (Lipinski definition) is 1. The smallest absolute Gasteiger partial charge is 0.0829 e. The van der Waals surface area contributed by atoms with Crippen LogP contribution in [-0.2, 0) is 4.74 Å². The van der Waals surface area contributed by atoms with Crippen LogP contribution in [0, 0.1) is 11.8 Å². The van der Waals surface area contributed by atoms with Crippen molar-refractivity contribution in [3.05, 3.63) is 0 Å². The molecule has 0 amide bonds. The van der Waals surface area contributed by atoms with E-state index in [0.717, 1.165) is 38.1 Å². The van der Waals surface area contributed by atoms with Crippen molar-refractivity contribution < 1.29 is 4.74 Å². The molecule has 104 valence electrons. The second-order valence-electron chi connectivity index (χ2n) is 6.49. The Morgan fingerprint density at radius 3 is 2.89 bits per heavy atom. The number of likely N-dealkylation sites (tertiary alicyclic amines) is 1. The van der Waals surface area contributed by atoms with E-state index in [1.54, 1.807) is 0 Å². The highest BCUT2D eigenvalue weighted by atomic mass is 16.5. The van der Waals surface area contributed by atoms with E-state index in [-0.39, 0.29) is 0 Å². The van der Waals surface area contributed by atoms with Crippen LogP contribution in [0.1, 0.15) is 19.3 Å². The van der Waals surface area contributed by atoms with Gasteiger partial charge >= 0.3 is 0 Å². The van der Waals surface area contributed by atoms with Crippen LogP contribution < -0.4 is 5.73 Å². The first-order valence-electron chi connectivity index (χ1n) is 7.50. The maximum absolute atomic E-state index is 6.27. The fourth-order valence-electron chi connectivity index (χ4n) is 4.02. The van der Waals surface area contributed by atoms with E-state index in [0.29, 0.717) is 12.1 Å². The molecular weight excluding hydrogens is 226 g/mol. The Bertz CT molecular complexity index is 286. The molecule has 4 nitrogen and oxygen atoms in total. The molecule has 1 aliphatic carbocycles. The van der Waals surface area contributed by atoms with Crippen LogP contribution in [0.5, 0.6) is 0 Å². The number of morpholine rings is 1. The summed E-state index contributed by atoms with van der Waals surface area (Å²) in [6.45, 7) is 6.60. The van der Waals surface area contributed by atoms with E-state index in [4.69, 9.17) is 10.5 Å². The van der Waals surface area contributed by atoms with Gasteiger partial charge in [-0.2, -0.15) is 0 Å². The maximum atomic E-state index is 6.27. The van der Waals surface area contributed by atoms with E-state index in [1.807, 2.05) is 0 Å². The molecule has 2 heterocycles. The van der Waals surface area contributed by atoms with Crippen molar-refractivity contribution >= 4 is 0 Å². The van der Waals surface area contributed by atoms with Crippen LogP contribution in [-0.4, -0.2) is 68.3 Å². The number of likely N-dealkylation sites (N-methyl/N-ethyl adjacent to an activating group) is 1. The summed E-state index contributed by atoms with van der Waals surface area (Å²) >= 11 is 0. The summed E-state index contributed by atoms with van der Waals surface area (Å²) in [6, 6.07) is 0.448. The number of rotatable bonds is 2. The van der Waals surface area contributed by atoms with Gasteiger partial charge in [-0.1, -0.05) is 6.42 Å². The molecule has 0 aromatic carbocycles. The highest BCUT2D eigenvalue weighted by Gasteiger charge is 2.39. The van der Waals surface area contributed by atoms with Gasteiger partial charge in [0.1, 0.15) is 0 Å². The lowest BCUT2D eigenvalue weighted by Crippen LogP contribution is -2.45. The van der Waals surface area contributed by atoms with Gasteiger partial charge in [0.2, 0.25) is 0 Å². The fraction of sp³-hybridized carbons (Fsp3) is 1.00. The van der Waals surface area contributed by atoms with E-state index in [2.05, 4.69) is 16.8 Å².